The zero-order valence-corrected chi connectivity index (χ0v) is 19.2. The number of carbonyl (C=O) groups excluding carboxylic acids is 2. The number of aromatic amines is 1. The van der Waals surface area contributed by atoms with E-state index in [1.165, 1.54) is 11.3 Å². The third-order valence-electron chi connectivity index (χ3n) is 5.80. The van der Waals surface area contributed by atoms with Gasteiger partial charge in [-0.25, -0.2) is 0 Å². The SMILES string of the molecule is Nc1ccccc1NC(=O)c1cc2cc(CNC(=O)CCc3c[nH]c4ccccc34)ccc2s1. The molecule has 2 amide bonds. The fourth-order valence-electron chi connectivity index (χ4n) is 3.99. The first-order chi connectivity index (χ1) is 16.6. The number of hydrogen-bond acceptors (Lipinski definition) is 4. The minimum absolute atomic E-state index is 0.0104. The number of anilines is 2. The maximum absolute atomic E-state index is 12.7. The van der Waals surface area contributed by atoms with Crippen LogP contribution in [0.3, 0.4) is 0 Å². The molecule has 5 aromatic rings. The number of nitrogens with two attached hydrogens (primary N) is 1. The Morgan fingerprint density at radius 1 is 0.971 bits per heavy atom. The van der Waals surface area contributed by atoms with Crippen LogP contribution in [0.15, 0.2) is 79.0 Å². The van der Waals surface area contributed by atoms with Crippen molar-refractivity contribution in [2.24, 2.45) is 0 Å². The lowest BCUT2D eigenvalue weighted by Gasteiger charge is -2.06. The van der Waals surface area contributed by atoms with Crippen LogP contribution in [0.2, 0.25) is 0 Å². The number of amides is 2. The molecule has 5 N–H and O–H groups in total. The number of aryl methyl sites for hydroxylation is 1. The Hall–Kier alpha value is -4.10. The first-order valence-corrected chi connectivity index (χ1v) is 11.9. The molecule has 0 fully saturated rings. The third-order valence-corrected chi connectivity index (χ3v) is 6.91. The summed E-state index contributed by atoms with van der Waals surface area (Å²) in [7, 11) is 0. The molecule has 0 saturated carbocycles. The molecular formula is C27H24N4O2S. The highest BCUT2D eigenvalue weighted by Crippen LogP contribution is 2.28. The Kier molecular flexibility index (Phi) is 6.01. The summed E-state index contributed by atoms with van der Waals surface area (Å²) in [6, 6.07) is 23.1. The largest absolute Gasteiger partial charge is 0.397 e. The van der Waals surface area contributed by atoms with Crippen molar-refractivity contribution >= 4 is 55.5 Å². The van der Waals surface area contributed by atoms with E-state index in [0.29, 0.717) is 35.6 Å². The normalized spacial score (nSPS) is 11.1. The number of carbonyl (C=O) groups is 2. The van der Waals surface area contributed by atoms with Crippen molar-refractivity contribution in [2.45, 2.75) is 19.4 Å². The fourth-order valence-corrected chi connectivity index (χ4v) is 4.92. The highest BCUT2D eigenvalue weighted by molar-refractivity contribution is 7.20. The summed E-state index contributed by atoms with van der Waals surface area (Å²) in [6.07, 6.45) is 3.08. The van der Waals surface area contributed by atoms with E-state index in [0.717, 1.165) is 32.1 Å². The molecule has 0 spiro atoms. The zero-order chi connectivity index (χ0) is 23.5. The number of aromatic nitrogens is 1. The molecular weight excluding hydrogens is 444 g/mol. The van der Waals surface area contributed by atoms with Gasteiger partial charge in [-0.1, -0.05) is 36.4 Å². The highest BCUT2D eigenvalue weighted by Gasteiger charge is 2.13. The van der Waals surface area contributed by atoms with Crippen LogP contribution in [-0.4, -0.2) is 16.8 Å². The van der Waals surface area contributed by atoms with Gasteiger partial charge in [0.25, 0.3) is 5.91 Å². The van der Waals surface area contributed by atoms with Gasteiger partial charge in [0.1, 0.15) is 0 Å². The molecule has 0 aliphatic carbocycles. The molecule has 0 aliphatic heterocycles. The number of rotatable bonds is 7. The smallest absolute Gasteiger partial charge is 0.265 e. The Labute approximate surface area is 200 Å². The number of fused-ring (bicyclic) bond motifs is 2. The molecule has 0 saturated heterocycles. The second-order valence-electron chi connectivity index (χ2n) is 8.16. The van der Waals surface area contributed by atoms with Crippen molar-refractivity contribution in [2.75, 3.05) is 11.1 Å². The highest BCUT2D eigenvalue weighted by atomic mass is 32.1. The maximum atomic E-state index is 12.7. The number of nitrogens with one attached hydrogen (secondary N) is 3. The van der Waals surface area contributed by atoms with E-state index < -0.39 is 0 Å². The van der Waals surface area contributed by atoms with Crippen molar-refractivity contribution < 1.29 is 9.59 Å². The van der Waals surface area contributed by atoms with E-state index in [2.05, 4.69) is 21.7 Å². The molecule has 170 valence electrons. The van der Waals surface area contributed by atoms with Crippen LogP contribution in [0.25, 0.3) is 21.0 Å². The lowest BCUT2D eigenvalue weighted by molar-refractivity contribution is -0.121. The number of thiophene rings is 1. The summed E-state index contributed by atoms with van der Waals surface area (Å²) in [6.45, 7) is 0.445. The summed E-state index contributed by atoms with van der Waals surface area (Å²) in [5.74, 6) is -0.178. The Morgan fingerprint density at radius 3 is 2.68 bits per heavy atom. The first-order valence-electron chi connectivity index (χ1n) is 11.1. The monoisotopic (exact) mass is 468 g/mol. The van der Waals surface area contributed by atoms with Crippen molar-refractivity contribution in [1.82, 2.24) is 10.3 Å². The lowest BCUT2D eigenvalue weighted by Crippen LogP contribution is -2.22. The number of nitrogen functional groups attached to an aromatic ring is 1. The van der Waals surface area contributed by atoms with Crippen LogP contribution < -0.4 is 16.4 Å². The fraction of sp³-hybridized carbons (Fsp3) is 0.111. The van der Waals surface area contributed by atoms with Crippen molar-refractivity contribution in [1.29, 1.82) is 0 Å². The quantitative estimate of drug-likeness (QED) is 0.238. The van der Waals surface area contributed by atoms with Crippen LogP contribution in [0.5, 0.6) is 0 Å². The Morgan fingerprint density at radius 2 is 1.79 bits per heavy atom. The van der Waals surface area contributed by atoms with E-state index in [-0.39, 0.29) is 11.8 Å². The van der Waals surface area contributed by atoms with Gasteiger partial charge in [0.05, 0.1) is 16.3 Å². The van der Waals surface area contributed by atoms with Crippen LogP contribution in [0.1, 0.15) is 27.2 Å². The summed E-state index contributed by atoms with van der Waals surface area (Å²) in [5, 5.41) is 8.00. The lowest BCUT2D eigenvalue weighted by atomic mass is 10.1. The number of hydrogen-bond donors (Lipinski definition) is 4. The van der Waals surface area contributed by atoms with Crippen molar-refractivity contribution in [3.05, 3.63) is 95.0 Å². The zero-order valence-electron chi connectivity index (χ0n) is 18.4. The second-order valence-corrected chi connectivity index (χ2v) is 9.24. The van der Waals surface area contributed by atoms with Gasteiger partial charge in [0.15, 0.2) is 0 Å². The van der Waals surface area contributed by atoms with E-state index >= 15 is 0 Å². The summed E-state index contributed by atoms with van der Waals surface area (Å²) in [5.41, 5.74) is 10.3. The maximum Gasteiger partial charge on any atom is 0.265 e. The average Bonchev–Trinajstić information content (AvgIpc) is 3.47. The average molecular weight is 469 g/mol. The van der Waals surface area contributed by atoms with Gasteiger partial charge in [0.2, 0.25) is 5.91 Å². The summed E-state index contributed by atoms with van der Waals surface area (Å²) in [4.78, 5) is 29.0. The van der Waals surface area contributed by atoms with Gasteiger partial charge in [-0.15, -0.1) is 11.3 Å². The van der Waals surface area contributed by atoms with Gasteiger partial charge in [0, 0.05) is 34.8 Å². The minimum Gasteiger partial charge on any atom is -0.397 e. The molecule has 0 radical (unpaired) electrons. The predicted octanol–water partition coefficient (Wildman–Crippen LogP) is 5.47. The minimum atomic E-state index is -0.189. The van der Waals surface area contributed by atoms with Gasteiger partial charge >= 0.3 is 0 Å². The number of benzene rings is 3. The second kappa shape index (κ2) is 9.41. The topological polar surface area (TPSA) is 100 Å². The Bertz CT molecular complexity index is 1500. The molecule has 0 atom stereocenters. The number of para-hydroxylation sites is 3. The van der Waals surface area contributed by atoms with E-state index in [1.54, 1.807) is 12.1 Å². The molecule has 0 aliphatic rings. The summed E-state index contributed by atoms with van der Waals surface area (Å²) >= 11 is 1.43. The van der Waals surface area contributed by atoms with Crippen LogP contribution in [0, 0.1) is 0 Å². The summed E-state index contributed by atoms with van der Waals surface area (Å²) < 4.78 is 1.01. The molecule has 0 bridgehead atoms. The molecule has 6 nitrogen and oxygen atoms in total. The predicted molar refractivity (Wildman–Crippen MR) is 139 cm³/mol. The van der Waals surface area contributed by atoms with Gasteiger partial charge in [-0.2, -0.15) is 0 Å². The number of H-pyrrole nitrogens is 1. The molecule has 5 rings (SSSR count). The Balaban J connectivity index is 1.19. The standard InChI is InChI=1S/C27H24N4O2S/c28-21-6-2-4-8-23(21)31-27(33)25-14-19-13-17(9-11-24(19)34-25)15-30-26(32)12-10-18-16-29-22-7-3-1-5-20(18)22/h1-9,11,13-14,16,29H,10,12,15,28H2,(H,30,32)(H,31,33). The van der Waals surface area contributed by atoms with Crippen molar-refractivity contribution in [3.8, 4) is 0 Å². The molecule has 2 aromatic heterocycles. The van der Waals surface area contributed by atoms with E-state index in [1.807, 2.05) is 60.8 Å². The van der Waals surface area contributed by atoms with Gasteiger partial charge in [-0.05, 0) is 59.3 Å². The van der Waals surface area contributed by atoms with Crippen LogP contribution >= 0.6 is 11.3 Å². The molecule has 7 heteroatoms. The first kappa shape index (κ1) is 21.7. The molecule has 2 heterocycles. The van der Waals surface area contributed by atoms with E-state index in [9.17, 15) is 9.59 Å². The van der Waals surface area contributed by atoms with Gasteiger partial charge < -0.3 is 21.4 Å². The molecule has 34 heavy (non-hydrogen) atoms. The third kappa shape index (κ3) is 4.65. The van der Waals surface area contributed by atoms with Crippen LogP contribution in [-0.2, 0) is 17.8 Å². The van der Waals surface area contributed by atoms with Crippen molar-refractivity contribution in [3.63, 3.8) is 0 Å². The van der Waals surface area contributed by atoms with Gasteiger partial charge in [-0.3, -0.25) is 9.59 Å². The molecule has 0 unspecified atom stereocenters. The van der Waals surface area contributed by atoms with Crippen LogP contribution in [0.4, 0.5) is 11.4 Å². The molecule has 3 aromatic carbocycles. The van der Waals surface area contributed by atoms with E-state index in [4.69, 9.17) is 5.73 Å².